The van der Waals surface area contributed by atoms with Crippen LogP contribution in [-0.2, 0) is 9.59 Å². The molecule has 138 valence electrons. The van der Waals surface area contributed by atoms with E-state index in [9.17, 15) is 14.7 Å². The third-order valence-electron chi connectivity index (χ3n) is 4.78. The molecule has 1 aliphatic heterocycles. The maximum absolute atomic E-state index is 12.9. The van der Waals surface area contributed by atoms with Crippen molar-refractivity contribution < 1.29 is 14.7 Å². The summed E-state index contributed by atoms with van der Waals surface area (Å²) < 4.78 is 0. The van der Waals surface area contributed by atoms with Crippen molar-refractivity contribution in [3.63, 3.8) is 0 Å². The van der Waals surface area contributed by atoms with Crippen molar-refractivity contribution >= 4 is 23.3 Å². The molecule has 1 aliphatic rings. The molecule has 2 aromatic carbocycles. The number of hydrogen-bond donors (Lipinski definition) is 1. The second-order valence-corrected chi connectivity index (χ2v) is 6.63. The zero-order valence-electron chi connectivity index (χ0n) is 15.2. The number of carbonyl (C=O) groups is 2. The van der Waals surface area contributed by atoms with Gasteiger partial charge in [0.2, 0.25) is 0 Å². The second kappa shape index (κ2) is 7.12. The summed E-state index contributed by atoms with van der Waals surface area (Å²) in [6.45, 7) is 1.96. The summed E-state index contributed by atoms with van der Waals surface area (Å²) >= 11 is 0. The average Bonchev–Trinajstić information content (AvgIpc) is 3.00. The first-order valence-corrected chi connectivity index (χ1v) is 8.92. The molecule has 1 amide bonds. The molecule has 0 radical (unpaired) electrons. The molecular formula is C23H18N2O3. The molecule has 1 aromatic heterocycles. The van der Waals surface area contributed by atoms with Gasteiger partial charge in [0.15, 0.2) is 0 Å². The highest BCUT2D eigenvalue weighted by Crippen LogP contribution is 2.41. The lowest BCUT2D eigenvalue weighted by Crippen LogP contribution is -2.30. The fourth-order valence-corrected chi connectivity index (χ4v) is 3.38. The molecule has 2 heterocycles. The van der Waals surface area contributed by atoms with Gasteiger partial charge in [-0.1, -0.05) is 66.2 Å². The van der Waals surface area contributed by atoms with Gasteiger partial charge in [-0.25, -0.2) is 4.98 Å². The quantitative estimate of drug-likeness (QED) is 0.429. The number of rotatable bonds is 3. The Balaban J connectivity index is 1.95. The maximum atomic E-state index is 12.9. The van der Waals surface area contributed by atoms with Crippen molar-refractivity contribution in [1.82, 2.24) is 4.98 Å². The molecule has 0 saturated carbocycles. The van der Waals surface area contributed by atoms with Gasteiger partial charge in [-0.3, -0.25) is 14.5 Å². The van der Waals surface area contributed by atoms with Gasteiger partial charge < -0.3 is 5.11 Å². The summed E-state index contributed by atoms with van der Waals surface area (Å²) in [7, 11) is 0. The predicted molar refractivity (Wildman–Crippen MR) is 107 cm³/mol. The van der Waals surface area contributed by atoms with Crippen LogP contribution in [0.15, 0.2) is 84.6 Å². The number of ketones is 1. The summed E-state index contributed by atoms with van der Waals surface area (Å²) in [5, 5.41) is 10.9. The van der Waals surface area contributed by atoms with E-state index in [0.717, 1.165) is 11.1 Å². The van der Waals surface area contributed by atoms with E-state index in [1.807, 2.05) is 37.3 Å². The smallest absolute Gasteiger partial charge is 0.301 e. The lowest BCUT2D eigenvalue weighted by molar-refractivity contribution is -0.132. The number of aliphatic hydroxyl groups is 1. The van der Waals surface area contributed by atoms with E-state index < -0.39 is 17.7 Å². The highest BCUT2D eigenvalue weighted by molar-refractivity contribution is 6.51. The van der Waals surface area contributed by atoms with Crippen molar-refractivity contribution in [2.45, 2.75) is 13.0 Å². The van der Waals surface area contributed by atoms with Crippen molar-refractivity contribution in [2.75, 3.05) is 4.90 Å². The standard InChI is InChI=1S/C23H18N2O3/c1-15-10-12-16(13-11-15)20-19(21(26)17-7-3-2-4-8-17)22(27)23(28)25(20)18-9-5-6-14-24-18/h2-14,20,26H,1H3/b21-19+/t20-/m1/s1. The SMILES string of the molecule is Cc1ccc([C@@H]2/C(=C(\O)c3ccccc3)C(=O)C(=O)N2c2ccccn2)cc1. The molecule has 1 N–H and O–H groups in total. The molecule has 28 heavy (non-hydrogen) atoms. The summed E-state index contributed by atoms with van der Waals surface area (Å²) in [5.74, 6) is -1.26. The van der Waals surface area contributed by atoms with Crippen LogP contribution in [-0.4, -0.2) is 21.8 Å². The van der Waals surface area contributed by atoms with Crippen LogP contribution < -0.4 is 4.90 Å². The number of aliphatic hydroxyl groups excluding tert-OH is 1. The topological polar surface area (TPSA) is 70.5 Å². The van der Waals surface area contributed by atoms with Gasteiger partial charge in [-0.2, -0.15) is 0 Å². The predicted octanol–water partition coefficient (Wildman–Crippen LogP) is 4.02. The van der Waals surface area contributed by atoms with Gasteiger partial charge in [-0.15, -0.1) is 0 Å². The third kappa shape index (κ3) is 2.97. The molecular weight excluding hydrogens is 352 g/mol. The minimum absolute atomic E-state index is 0.0608. The molecule has 5 nitrogen and oxygen atoms in total. The van der Waals surface area contributed by atoms with Crippen LogP contribution in [0, 0.1) is 6.92 Å². The summed E-state index contributed by atoms with van der Waals surface area (Å²) in [5.41, 5.74) is 2.33. The second-order valence-electron chi connectivity index (χ2n) is 6.63. The Hall–Kier alpha value is -3.73. The molecule has 0 bridgehead atoms. The van der Waals surface area contributed by atoms with Crippen LogP contribution in [0.1, 0.15) is 22.7 Å². The Morgan fingerprint density at radius 2 is 1.61 bits per heavy atom. The van der Waals surface area contributed by atoms with Crippen LogP contribution in [0.5, 0.6) is 0 Å². The van der Waals surface area contributed by atoms with Gasteiger partial charge in [0, 0.05) is 11.8 Å². The van der Waals surface area contributed by atoms with Crippen molar-refractivity contribution in [1.29, 1.82) is 0 Å². The van der Waals surface area contributed by atoms with Crippen LogP contribution >= 0.6 is 0 Å². The Bertz CT molecular complexity index is 1060. The first-order valence-electron chi connectivity index (χ1n) is 8.92. The number of pyridine rings is 1. The fraction of sp³-hybridized carbons (Fsp3) is 0.0870. The average molecular weight is 370 g/mol. The summed E-state index contributed by atoms with van der Waals surface area (Å²) in [4.78, 5) is 31.4. The molecule has 1 fully saturated rings. The monoisotopic (exact) mass is 370 g/mol. The van der Waals surface area contributed by atoms with E-state index in [-0.39, 0.29) is 11.3 Å². The lowest BCUT2D eigenvalue weighted by Gasteiger charge is -2.24. The molecule has 1 saturated heterocycles. The van der Waals surface area contributed by atoms with Crippen molar-refractivity contribution in [3.8, 4) is 0 Å². The Labute approximate surface area is 162 Å². The number of Topliss-reactive ketones (excluding diaryl/α,β-unsaturated/α-hetero) is 1. The number of benzene rings is 2. The third-order valence-corrected chi connectivity index (χ3v) is 4.78. The van der Waals surface area contributed by atoms with Gasteiger partial charge in [0.1, 0.15) is 11.6 Å². The van der Waals surface area contributed by atoms with E-state index in [1.54, 1.807) is 48.7 Å². The Morgan fingerprint density at radius 1 is 0.929 bits per heavy atom. The number of carbonyl (C=O) groups excluding carboxylic acids is 2. The van der Waals surface area contributed by atoms with Crippen molar-refractivity contribution in [2.24, 2.45) is 0 Å². The Kier molecular flexibility index (Phi) is 4.49. The van der Waals surface area contributed by atoms with Gasteiger partial charge in [-0.05, 0) is 24.6 Å². The van der Waals surface area contributed by atoms with E-state index in [2.05, 4.69) is 4.98 Å². The zero-order chi connectivity index (χ0) is 19.7. The molecule has 0 unspecified atom stereocenters. The Morgan fingerprint density at radius 3 is 2.25 bits per heavy atom. The first kappa shape index (κ1) is 17.7. The largest absolute Gasteiger partial charge is 0.507 e. The van der Waals surface area contributed by atoms with Crippen LogP contribution in [0.4, 0.5) is 5.82 Å². The number of anilines is 1. The number of hydrogen-bond acceptors (Lipinski definition) is 4. The minimum atomic E-state index is -0.754. The molecule has 4 rings (SSSR count). The number of amides is 1. The molecule has 0 spiro atoms. The van der Waals surface area contributed by atoms with E-state index in [1.165, 1.54) is 4.90 Å². The van der Waals surface area contributed by atoms with E-state index in [0.29, 0.717) is 11.4 Å². The van der Waals surface area contributed by atoms with Gasteiger partial charge >= 0.3 is 5.91 Å². The van der Waals surface area contributed by atoms with E-state index in [4.69, 9.17) is 0 Å². The molecule has 1 atom stereocenters. The molecule has 0 aliphatic carbocycles. The highest BCUT2D eigenvalue weighted by Gasteiger charge is 2.47. The summed E-state index contributed by atoms with van der Waals surface area (Å²) in [6.07, 6.45) is 1.57. The van der Waals surface area contributed by atoms with Crippen LogP contribution in [0.3, 0.4) is 0 Å². The summed E-state index contributed by atoms with van der Waals surface area (Å²) in [6, 6.07) is 20.7. The number of aromatic nitrogens is 1. The van der Waals surface area contributed by atoms with Gasteiger partial charge in [0.05, 0.1) is 11.6 Å². The van der Waals surface area contributed by atoms with E-state index >= 15 is 0 Å². The zero-order valence-corrected chi connectivity index (χ0v) is 15.2. The molecule has 3 aromatic rings. The highest BCUT2D eigenvalue weighted by atomic mass is 16.3. The first-order chi connectivity index (χ1) is 13.6. The van der Waals surface area contributed by atoms with Crippen molar-refractivity contribution in [3.05, 3.63) is 101 Å². The maximum Gasteiger partial charge on any atom is 0.301 e. The number of aryl methyl sites for hydroxylation is 1. The lowest BCUT2D eigenvalue weighted by atomic mass is 9.95. The van der Waals surface area contributed by atoms with Crippen LogP contribution in [0.25, 0.3) is 5.76 Å². The van der Waals surface area contributed by atoms with Crippen LogP contribution in [0.2, 0.25) is 0 Å². The number of nitrogens with zero attached hydrogens (tertiary/aromatic N) is 2. The molecule has 5 heteroatoms. The normalized spacial score (nSPS) is 18.5. The fourth-order valence-electron chi connectivity index (χ4n) is 3.38. The minimum Gasteiger partial charge on any atom is -0.507 e. The van der Waals surface area contributed by atoms with Gasteiger partial charge in [0.25, 0.3) is 5.78 Å².